The highest BCUT2D eigenvalue weighted by molar-refractivity contribution is 5.97. The summed E-state index contributed by atoms with van der Waals surface area (Å²) in [5, 5.41) is 0. The summed E-state index contributed by atoms with van der Waals surface area (Å²) in [6.07, 6.45) is 2.25. The topological polar surface area (TPSA) is 46.6 Å². The van der Waals surface area contributed by atoms with E-state index >= 15 is 0 Å². The first-order valence-electron chi connectivity index (χ1n) is 7.28. The molecule has 0 radical (unpaired) electrons. The van der Waals surface area contributed by atoms with E-state index in [4.69, 9.17) is 4.74 Å². The molecule has 0 spiro atoms. The zero-order valence-corrected chi connectivity index (χ0v) is 12.4. The first-order chi connectivity index (χ1) is 10.0. The largest absolute Gasteiger partial charge is 0.464 e. The van der Waals surface area contributed by atoms with Crippen molar-refractivity contribution >= 4 is 11.9 Å². The number of carbonyl (C=O) groups excluding carboxylic acids is 2. The number of hydrogen-bond acceptors (Lipinski definition) is 3. The summed E-state index contributed by atoms with van der Waals surface area (Å²) in [7, 11) is 0. The van der Waals surface area contributed by atoms with Crippen LogP contribution in [0.2, 0.25) is 0 Å². The monoisotopic (exact) mass is 293 g/mol. The molecule has 0 aromatic heterocycles. The Kier molecular flexibility index (Phi) is 4.94. The van der Waals surface area contributed by atoms with Crippen molar-refractivity contribution in [2.45, 2.75) is 39.2 Å². The van der Waals surface area contributed by atoms with E-state index in [-0.39, 0.29) is 12.2 Å². The maximum atomic E-state index is 14.0. The lowest BCUT2D eigenvalue weighted by atomic mass is 10.0. The van der Waals surface area contributed by atoms with Crippen LogP contribution >= 0.6 is 0 Å². The fraction of sp³-hybridized carbons (Fsp3) is 0.500. The second-order valence-electron chi connectivity index (χ2n) is 5.25. The summed E-state index contributed by atoms with van der Waals surface area (Å²) in [6.45, 7) is 4.22. The van der Waals surface area contributed by atoms with Crippen molar-refractivity contribution in [2.24, 2.45) is 0 Å². The molecular weight excluding hydrogens is 273 g/mol. The summed E-state index contributed by atoms with van der Waals surface area (Å²) < 4.78 is 19.0. The number of likely N-dealkylation sites (tertiary alicyclic amines) is 1. The Labute approximate surface area is 123 Å². The number of benzene rings is 1. The van der Waals surface area contributed by atoms with E-state index in [1.54, 1.807) is 19.9 Å². The molecule has 4 nitrogen and oxygen atoms in total. The number of piperidine rings is 1. The van der Waals surface area contributed by atoms with Crippen molar-refractivity contribution < 1.29 is 18.7 Å². The summed E-state index contributed by atoms with van der Waals surface area (Å²) in [4.78, 5) is 25.9. The van der Waals surface area contributed by atoms with Crippen LogP contribution in [0.1, 0.15) is 42.1 Å². The number of rotatable bonds is 3. The molecule has 1 aromatic rings. The van der Waals surface area contributed by atoms with Gasteiger partial charge in [-0.15, -0.1) is 0 Å². The van der Waals surface area contributed by atoms with E-state index in [1.165, 1.54) is 17.0 Å². The molecule has 5 heteroatoms. The van der Waals surface area contributed by atoms with E-state index in [2.05, 4.69) is 0 Å². The van der Waals surface area contributed by atoms with Gasteiger partial charge in [0.25, 0.3) is 5.91 Å². The third kappa shape index (κ3) is 3.40. The Morgan fingerprint density at radius 3 is 2.81 bits per heavy atom. The van der Waals surface area contributed by atoms with E-state index in [0.29, 0.717) is 13.0 Å². The molecule has 1 aliphatic heterocycles. The summed E-state index contributed by atoms with van der Waals surface area (Å²) in [5.41, 5.74) is 0.765. The van der Waals surface area contributed by atoms with Crippen LogP contribution in [0.25, 0.3) is 0 Å². The predicted octanol–water partition coefficient (Wildman–Crippen LogP) is 2.69. The normalized spacial score (nSPS) is 18.4. The SMILES string of the molecule is CCOC(=O)C1CCCCN1C(=O)c1ccc(C)cc1F. The molecule has 114 valence electrons. The van der Waals surface area contributed by atoms with Crippen LogP contribution < -0.4 is 0 Å². The Hall–Kier alpha value is -1.91. The smallest absolute Gasteiger partial charge is 0.328 e. The van der Waals surface area contributed by atoms with Crippen LogP contribution in [0.5, 0.6) is 0 Å². The molecule has 2 rings (SSSR count). The predicted molar refractivity (Wildman–Crippen MR) is 76.4 cm³/mol. The minimum atomic E-state index is -0.605. The van der Waals surface area contributed by atoms with Gasteiger partial charge in [0, 0.05) is 6.54 Å². The zero-order chi connectivity index (χ0) is 15.4. The molecule has 1 unspecified atom stereocenters. The Bertz CT molecular complexity index is 544. The van der Waals surface area contributed by atoms with Crippen LogP contribution in [0.3, 0.4) is 0 Å². The van der Waals surface area contributed by atoms with Crippen molar-refractivity contribution in [3.8, 4) is 0 Å². The van der Waals surface area contributed by atoms with E-state index < -0.39 is 23.7 Å². The minimum absolute atomic E-state index is 0.0109. The van der Waals surface area contributed by atoms with Gasteiger partial charge < -0.3 is 9.64 Å². The van der Waals surface area contributed by atoms with E-state index in [0.717, 1.165) is 18.4 Å². The molecular formula is C16H20FNO3. The molecule has 0 N–H and O–H groups in total. The third-order valence-electron chi connectivity index (χ3n) is 3.68. The highest BCUT2D eigenvalue weighted by Gasteiger charge is 2.34. The first-order valence-corrected chi connectivity index (χ1v) is 7.28. The number of esters is 1. The first kappa shape index (κ1) is 15.5. The summed E-state index contributed by atoms with van der Waals surface area (Å²) in [5.74, 6) is -1.39. The third-order valence-corrected chi connectivity index (χ3v) is 3.68. The zero-order valence-electron chi connectivity index (χ0n) is 12.4. The van der Waals surface area contributed by atoms with Gasteiger partial charge in [-0.1, -0.05) is 6.07 Å². The average Bonchev–Trinajstić information content (AvgIpc) is 2.47. The van der Waals surface area contributed by atoms with Crippen molar-refractivity contribution in [3.63, 3.8) is 0 Å². The lowest BCUT2D eigenvalue weighted by Crippen LogP contribution is -2.48. The number of amides is 1. The summed E-state index contributed by atoms with van der Waals surface area (Å²) >= 11 is 0. The number of ether oxygens (including phenoxy) is 1. The van der Waals surface area contributed by atoms with Gasteiger partial charge in [0.15, 0.2) is 0 Å². The molecule has 1 heterocycles. The molecule has 0 saturated carbocycles. The quantitative estimate of drug-likeness (QED) is 0.805. The average molecular weight is 293 g/mol. The van der Waals surface area contributed by atoms with Gasteiger partial charge in [-0.05, 0) is 50.8 Å². The molecule has 1 saturated heterocycles. The fourth-order valence-corrected chi connectivity index (χ4v) is 2.61. The van der Waals surface area contributed by atoms with Gasteiger partial charge in [0.1, 0.15) is 11.9 Å². The highest BCUT2D eigenvalue weighted by atomic mass is 19.1. The number of carbonyl (C=O) groups is 2. The Balaban J connectivity index is 2.24. The molecule has 0 aliphatic carbocycles. The lowest BCUT2D eigenvalue weighted by Gasteiger charge is -2.34. The fourth-order valence-electron chi connectivity index (χ4n) is 2.61. The molecule has 1 fully saturated rings. The van der Waals surface area contributed by atoms with Gasteiger partial charge in [-0.2, -0.15) is 0 Å². The highest BCUT2D eigenvalue weighted by Crippen LogP contribution is 2.22. The van der Waals surface area contributed by atoms with Crippen LogP contribution in [0, 0.1) is 12.7 Å². The standard InChI is InChI=1S/C16H20FNO3/c1-3-21-16(20)14-6-4-5-9-18(14)15(19)12-8-7-11(2)10-13(12)17/h7-8,10,14H,3-6,9H2,1-2H3. The molecule has 1 amide bonds. The van der Waals surface area contributed by atoms with Crippen LogP contribution in [0.4, 0.5) is 4.39 Å². The van der Waals surface area contributed by atoms with Crippen LogP contribution in [0.15, 0.2) is 18.2 Å². The summed E-state index contributed by atoms with van der Waals surface area (Å²) in [6, 6.07) is 3.90. The second-order valence-corrected chi connectivity index (χ2v) is 5.25. The van der Waals surface area contributed by atoms with Crippen molar-refractivity contribution in [1.82, 2.24) is 4.90 Å². The number of halogens is 1. The Morgan fingerprint density at radius 1 is 1.38 bits per heavy atom. The van der Waals surface area contributed by atoms with E-state index in [9.17, 15) is 14.0 Å². The number of aryl methyl sites for hydroxylation is 1. The molecule has 1 aliphatic rings. The Morgan fingerprint density at radius 2 is 2.14 bits per heavy atom. The lowest BCUT2D eigenvalue weighted by molar-refractivity contribution is -0.149. The maximum Gasteiger partial charge on any atom is 0.328 e. The molecule has 21 heavy (non-hydrogen) atoms. The van der Waals surface area contributed by atoms with Crippen molar-refractivity contribution in [2.75, 3.05) is 13.2 Å². The molecule has 0 bridgehead atoms. The maximum absolute atomic E-state index is 14.0. The minimum Gasteiger partial charge on any atom is -0.464 e. The van der Waals surface area contributed by atoms with Crippen molar-refractivity contribution in [1.29, 1.82) is 0 Å². The van der Waals surface area contributed by atoms with Gasteiger partial charge in [0.05, 0.1) is 12.2 Å². The van der Waals surface area contributed by atoms with Crippen LogP contribution in [-0.2, 0) is 9.53 Å². The second kappa shape index (κ2) is 6.70. The molecule has 1 atom stereocenters. The van der Waals surface area contributed by atoms with Gasteiger partial charge >= 0.3 is 5.97 Å². The van der Waals surface area contributed by atoms with Crippen molar-refractivity contribution in [3.05, 3.63) is 35.1 Å². The number of nitrogens with zero attached hydrogens (tertiary/aromatic N) is 1. The van der Waals surface area contributed by atoms with Gasteiger partial charge in [-0.3, -0.25) is 4.79 Å². The van der Waals surface area contributed by atoms with E-state index in [1.807, 2.05) is 0 Å². The molecule has 1 aromatic carbocycles. The van der Waals surface area contributed by atoms with Gasteiger partial charge in [0.2, 0.25) is 0 Å². The number of hydrogen-bond donors (Lipinski definition) is 0. The van der Waals surface area contributed by atoms with Gasteiger partial charge in [-0.25, -0.2) is 9.18 Å². The van der Waals surface area contributed by atoms with Crippen LogP contribution in [-0.4, -0.2) is 36.0 Å².